The summed E-state index contributed by atoms with van der Waals surface area (Å²) in [5.74, 6) is 0. The Morgan fingerprint density at radius 3 is 0.124 bits per heavy atom. The van der Waals surface area contributed by atoms with Crippen molar-refractivity contribution in [3.05, 3.63) is 0 Å². The lowest BCUT2D eigenvalue weighted by atomic mass is 30.7. The second-order valence-corrected chi connectivity index (χ2v) is 160. The molecule has 0 rings (SSSR count). The van der Waals surface area contributed by atoms with Gasteiger partial charge in [-0.2, -0.15) is 0 Å². The predicted octanol–water partition coefficient (Wildman–Crippen LogP) is -0.214. The Hall–Kier alpha value is 19.6. The average Bonchev–Trinajstić information content (AvgIpc) is 3.54. The van der Waals surface area contributed by atoms with Crippen LogP contribution in [0.25, 0.3) is 0 Å². The van der Waals surface area contributed by atoms with E-state index in [9.17, 15) is 0 Å². The molecule has 534 valence electrons. The molecule has 89 heteroatoms. The second-order valence-electron chi connectivity index (χ2n) is 5.92. The lowest BCUT2D eigenvalue weighted by Crippen LogP contribution is -1.41. The van der Waals surface area contributed by atoms with Gasteiger partial charge in [-0.1, -0.05) is 0 Å². The van der Waals surface area contributed by atoms with E-state index in [1.807, 2.05) is 648 Å². The number of rotatable bonds is 0. The molecule has 0 aromatic heterocycles. The standard InChI is InChI=1S/S89/c1-3-5-7-9-11-13-15-17-19-21-23-25-27-29-31-33-35-37-39-41-43-45-47-49-51-53-55-57-59-61-63-65-67-69-71-73-75-77-79-81-83-85-87-89-88-86-84-82-80-78-76-74-72-70-68-66-64-62-60-58-56-54-52-50-48-46-44-42-40-38-36-34-32-30-28-26-24-22-20-18-16-14-12-10-8-6-4-2. The van der Waals surface area contributed by atoms with Gasteiger partial charge in [-0.15, -0.1) is 0 Å². The normalized spacial score (nSPS) is 7.87. The molecule has 0 aliphatic rings. The maximum atomic E-state index is 4.83. The molecule has 0 saturated heterocycles. The Kier molecular flexibility index (Phi) is 131. The molecule has 0 fully saturated rings. The third-order valence-electron chi connectivity index (χ3n) is 2.39. The Morgan fingerprint density at radius 1 is 0.0562 bits per heavy atom. The predicted molar refractivity (Wildman–Crippen MR) is 655 cm³/mol. The monoisotopic (exact) mass is 2850 g/mol. The largest absolute Gasteiger partial charge is 0 e. The van der Waals surface area contributed by atoms with E-state index in [-0.39, 0.29) is 0 Å². The Bertz CT molecular complexity index is 6520. The molecule has 89 heavy (non-hydrogen) atoms. The van der Waals surface area contributed by atoms with Crippen LogP contribution in [-0.4, -0.2) is 0 Å². The van der Waals surface area contributed by atoms with Crippen LogP contribution < -0.4 is 0 Å². The van der Waals surface area contributed by atoms with Crippen molar-refractivity contribution in [3.63, 3.8) is 0 Å². The van der Waals surface area contributed by atoms with Crippen LogP contribution in [0.2, 0.25) is 0 Å². The summed E-state index contributed by atoms with van der Waals surface area (Å²) in [7, 11) is 157. The summed E-state index contributed by atoms with van der Waals surface area (Å²) in [6, 6.07) is 0. The first kappa shape index (κ1) is 109. The van der Waals surface area contributed by atoms with E-state index in [1.54, 1.807) is 107 Å². The van der Waals surface area contributed by atoms with Crippen LogP contribution in [0.5, 0.6) is 0 Å². The molecule has 0 atom stereocenters. The van der Waals surface area contributed by atoms with Gasteiger partial charge in [0.15, 0.2) is 0 Å². The molecule has 0 aliphatic heterocycles. The average molecular weight is 2850 g/mol. The molecule has 0 N–H and O–H groups in total. The van der Waals surface area contributed by atoms with E-state index in [0.29, 0.717) is 0 Å². The summed E-state index contributed by atoms with van der Waals surface area (Å²) >= 11 is 9.66. The third kappa shape index (κ3) is 108. The summed E-state index contributed by atoms with van der Waals surface area (Å²) in [6.45, 7) is 0. The lowest BCUT2D eigenvalue weighted by molar-refractivity contribution is 5.95. The molecule has 0 saturated carbocycles. The van der Waals surface area contributed by atoms with E-state index >= 15 is 0 Å². The fourth-order valence-corrected chi connectivity index (χ4v) is 234. The molecule has 0 aliphatic carbocycles. The second kappa shape index (κ2) is 108. The maximum Gasteiger partial charge on any atom is 0 e. The smallest absolute Gasteiger partial charge is 0 e. The van der Waals surface area contributed by atoms with Gasteiger partial charge in [0, 0.05) is 795 Å². The Balaban J connectivity index is 6.17. The van der Waals surface area contributed by atoms with Crippen molar-refractivity contribution in [2.24, 2.45) is 0 Å². The minimum absolute atomic E-state index is 1.37. The highest BCUT2D eigenvalue weighted by Gasteiger charge is 1.50. The van der Waals surface area contributed by atoms with Crippen molar-refractivity contribution < 1.29 is 0 Å². The zero-order chi connectivity index (χ0) is 63.5. The molecule has 0 unspecified atom stereocenters. The maximum absolute atomic E-state index is 4.83. The van der Waals surface area contributed by atoms with Crippen molar-refractivity contribution in [1.82, 2.24) is 0 Å². The first-order valence-corrected chi connectivity index (χ1v) is 132. The third-order valence-corrected chi connectivity index (χ3v) is 193. The van der Waals surface area contributed by atoms with Gasteiger partial charge < -0.3 is 0 Å². The molecular formula is S89. The van der Waals surface area contributed by atoms with Crippen LogP contribution in [0, 0.1) is 0 Å². The SMILES string of the molecule is S=S=S=S=S=S=S=S=S=S=S=S=S=S=S=S=S=S=S=S=S=S=S=S=S=S=S=S=S=S=S=S=S=S=S=S=S=S=S=S=S=S=S=S=S=S=S=S=S=S=S=S=S=S=S=S=S=S=S=S=S=S=S=S=S=S=S=S=S=S=S=S=S=S=S=S=S=S=S=S=S=S=S=S=S=S=S=S=S. The topological polar surface area (TPSA) is 0 Å². The Labute approximate surface area is 769 Å². The minimum Gasteiger partial charge on any atom is 0 e. The van der Waals surface area contributed by atoms with Gasteiger partial charge in [0.25, 0.3) is 0 Å². The summed E-state index contributed by atoms with van der Waals surface area (Å²) < 4.78 is 0. The van der Waals surface area contributed by atoms with Crippen LogP contribution >= 0.6 is 0 Å². The summed E-state index contributed by atoms with van der Waals surface area (Å²) in [6.07, 6.45) is 0. The van der Waals surface area contributed by atoms with Gasteiger partial charge >= 0.3 is 0 Å². The summed E-state index contributed by atoms with van der Waals surface area (Å²) in [5.41, 5.74) is 0. The van der Waals surface area contributed by atoms with Gasteiger partial charge in [0.1, 0.15) is 0 Å². The quantitative estimate of drug-likeness (QED) is 0.330. The molecule has 0 nitrogen and oxygen atoms in total. The number of hydrogen-bond acceptors (Lipinski definition) is 2. The molecule has 0 aromatic rings. The van der Waals surface area contributed by atoms with Crippen molar-refractivity contribution in [2.45, 2.75) is 0 Å². The molecular weight excluding hydrogens is 2850 g/mol. The van der Waals surface area contributed by atoms with Gasteiger partial charge in [-0.25, -0.2) is 0 Å². The van der Waals surface area contributed by atoms with Gasteiger partial charge in [0.2, 0.25) is 0 Å². The molecule has 0 bridgehead atoms. The Morgan fingerprint density at radius 2 is 0.0899 bits per heavy atom. The van der Waals surface area contributed by atoms with Crippen LogP contribution in [0.1, 0.15) is 0 Å². The van der Waals surface area contributed by atoms with Crippen LogP contribution in [-0.2, 0) is 795 Å². The minimum atomic E-state index is 1.37. The van der Waals surface area contributed by atoms with Crippen LogP contribution in [0.15, 0.2) is 0 Å². The highest BCUT2D eigenvalue weighted by Crippen LogP contribution is 1.49. The van der Waals surface area contributed by atoms with Crippen molar-refractivity contribution in [1.29, 1.82) is 0 Å². The molecule has 0 heterocycles. The zero-order valence-electron chi connectivity index (χ0n) is 36.3. The number of hydrogen-bond donors (Lipinski definition) is 0. The van der Waals surface area contributed by atoms with Crippen molar-refractivity contribution in [2.75, 3.05) is 0 Å². The molecule has 0 aromatic carbocycles. The molecule has 0 amide bonds. The van der Waals surface area contributed by atoms with E-state index < -0.39 is 0 Å². The van der Waals surface area contributed by atoms with Crippen molar-refractivity contribution >= 4 is 795 Å². The molecule has 0 spiro atoms. The first-order chi connectivity index (χ1) is 44.4. The summed E-state index contributed by atoms with van der Waals surface area (Å²) in [5, 5.41) is 0. The van der Waals surface area contributed by atoms with Gasteiger partial charge in [-0.05, 0) is 0 Å². The summed E-state index contributed by atoms with van der Waals surface area (Å²) in [4.78, 5) is 0. The zero-order valence-corrected chi connectivity index (χ0v) is 109. The highest BCUT2D eigenvalue weighted by atomic mass is 33.6. The highest BCUT2D eigenvalue weighted by molar-refractivity contribution is 8.86. The van der Waals surface area contributed by atoms with E-state index in [0.717, 1.165) is 0 Å². The van der Waals surface area contributed by atoms with Gasteiger partial charge in [-0.3, -0.25) is 0 Å². The fraction of sp³-hybridized carbons (Fsp3) is 0. The fourth-order valence-electron chi connectivity index (χ4n) is 0.964. The molecule has 0 radical (unpaired) electrons. The van der Waals surface area contributed by atoms with E-state index in [4.69, 9.17) is 22.4 Å². The van der Waals surface area contributed by atoms with Gasteiger partial charge in [0.05, 0.1) is 0 Å². The lowest BCUT2D eigenvalue weighted by Gasteiger charge is -1.41. The van der Waals surface area contributed by atoms with E-state index in [2.05, 4.69) is 0 Å². The van der Waals surface area contributed by atoms with Crippen LogP contribution in [0.4, 0.5) is 0 Å². The van der Waals surface area contributed by atoms with Crippen molar-refractivity contribution in [3.8, 4) is 0 Å². The first-order valence-electron chi connectivity index (χ1n) is 14.7. The van der Waals surface area contributed by atoms with Crippen LogP contribution in [0.3, 0.4) is 0 Å². The van der Waals surface area contributed by atoms with E-state index in [1.165, 1.54) is 17.8 Å².